The van der Waals surface area contributed by atoms with Crippen molar-refractivity contribution in [1.29, 1.82) is 0 Å². The Balaban J connectivity index is 1.58. The summed E-state index contributed by atoms with van der Waals surface area (Å²) in [7, 11) is 0. The average molecular weight is 444 g/mol. The van der Waals surface area contributed by atoms with Crippen molar-refractivity contribution in [1.82, 2.24) is 15.2 Å². The molecule has 1 N–H and O–H groups in total. The van der Waals surface area contributed by atoms with Crippen molar-refractivity contribution >= 4 is 11.8 Å². The molecule has 1 saturated heterocycles. The number of hydrogen-bond donors (Lipinski definition) is 1. The minimum atomic E-state index is -1.14. The highest BCUT2D eigenvalue weighted by Crippen LogP contribution is 2.27. The zero-order chi connectivity index (χ0) is 23.3. The van der Waals surface area contributed by atoms with Gasteiger partial charge in [-0.2, -0.15) is 0 Å². The monoisotopic (exact) mass is 443 g/mol. The lowest BCUT2D eigenvalue weighted by Gasteiger charge is -2.41. The maximum atomic E-state index is 13.2. The molecule has 1 aromatic heterocycles. The number of carbonyl (C=O) groups is 2. The third-order valence-electron chi connectivity index (χ3n) is 5.93. The first kappa shape index (κ1) is 22.7. The molecular weight excluding hydrogens is 414 g/mol. The number of benzene rings is 2. The molecular formula is C27H29N3O3. The zero-order valence-corrected chi connectivity index (χ0v) is 19.1. The van der Waals surface area contributed by atoms with Crippen LogP contribution in [0.1, 0.15) is 28.4 Å². The number of morpholine rings is 1. The van der Waals surface area contributed by atoms with Crippen molar-refractivity contribution < 1.29 is 14.3 Å². The molecule has 6 heteroatoms. The van der Waals surface area contributed by atoms with Gasteiger partial charge in [-0.3, -0.25) is 14.6 Å². The fourth-order valence-corrected chi connectivity index (χ4v) is 4.25. The normalized spacial score (nSPS) is 18.1. The fourth-order valence-electron chi connectivity index (χ4n) is 4.25. The van der Waals surface area contributed by atoms with Crippen LogP contribution in [0.4, 0.5) is 0 Å². The molecule has 2 heterocycles. The number of rotatable bonds is 6. The van der Waals surface area contributed by atoms with Gasteiger partial charge in [-0.05, 0) is 42.7 Å². The molecule has 3 aromatic rings. The van der Waals surface area contributed by atoms with E-state index >= 15 is 0 Å². The van der Waals surface area contributed by atoms with Crippen LogP contribution in [-0.2, 0) is 16.0 Å². The van der Waals surface area contributed by atoms with E-state index in [2.05, 4.69) is 47.6 Å². The Hall–Kier alpha value is -3.51. The highest BCUT2D eigenvalue weighted by atomic mass is 16.5. The number of carbonyl (C=O) groups excluding carboxylic acids is 2. The van der Waals surface area contributed by atoms with Gasteiger partial charge in [0.25, 0.3) is 11.8 Å². The average Bonchev–Trinajstić information content (AvgIpc) is 2.85. The van der Waals surface area contributed by atoms with E-state index in [-0.39, 0.29) is 18.4 Å². The van der Waals surface area contributed by atoms with Crippen molar-refractivity contribution in [3.8, 4) is 11.1 Å². The first-order valence-corrected chi connectivity index (χ1v) is 11.3. The molecule has 1 aliphatic heterocycles. The van der Waals surface area contributed by atoms with Crippen molar-refractivity contribution in [2.24, 2.45) is 0 Å². The molecule has 170 valence electrons. The Morgan fingerprint density at radius 3 is 2.61 bits per heavy atom. The summed E-state index contributed by atoms with van der Waals surface area (Å²) in [6, 6.07) is 20.0. The maximum absolute atomic E-state index is 13.2. The van der Waals surface area contributed by atoms with Crippen molar-refractivity contribution in [3.05, 3.63) is 89.7 Å². The van der Waals surface area contributed by atoms with Gasteiger partial charge >= 0.3 is 0 Å². The van der Waals surface area contributed by atoms with Gasteiger partial charge < -0.3 is 15.0 Å². The van der Waals surface area contributed by atoms with Gasteiger partial charge in [0.2, 0.25) is 0 Å². The number of aryl methyl sites for hydroxylation is 1. The lowest BCUT2D eigenvalue weighted by Crippen LogP contribution is -2.62. The quantitative estimate of drug-likeness (QED) is 0.631. The number of pyridine rings is 1. The topological polar surface area (TPSA) is 71.5 Å². The van der Waals surface area contributed by atoms with Crippen molar-refractivity contribution in [3.63, 3.8) is 0 Å². The van der Waals surface area contributed by atoms with Gasteiger partial charge in [-0.1, -0.05) is 54.1 Å². The minimum absolute atomic E-state index is 0.144. The molecule has 1 fully saturated rings. The van der Waals surface area contributed by atoms with Gasteiger partial charge in [0.1, 0.15) is 0 Å². The van der Waals surface area contributed by atoms with Gasteiger partial charge in [0.05, 0.1) is 18.7 Å². The number of nitrogens with one attached hydrogen (secondary N) is 1. The molecule has 2 aromatic carbocycles. The molecule has 0 radical (unpaired) electrons. The standard InChI is InChI=1S/C27H29N3O3/c1-3-29-26(32)27(19-30(14-15-33-27)25(31)24-8-5-13-28-18-24)17-21-9-11-22(12-10-21)23-7-4-6-20(2)16-23/h4-13,16,18H,3,14-15,17,19H2,1-2H3,(H,29,32)/t27-/m0/s1. The Kier molecular flexibility index (Phi) is 6.84. The van der Waals surface area contributed by atoms with Crippen molar-refractivity contribution in [2.75, 3.05) is 26.2 Å². The van der Waals surface area contributed by atoms with Gasteiger partial charge in [0.15, 0.2) is 5.60 Å². The first-order valence-electron chi connectivity index (χ1n) is 11.3. The van der Waals surface area contributed by atoms with Crippen molar-refractivity contribution in [2.45, 2.75) is 25.9 Å². The molecule has 1 atom stereocenters. The minimum Gasteiger partial charge on any atom is -0.361 e. The third kappa shape index (κ3) is 5.12. The Bertz CT molecular complexity index is 1110. The lowest BCUT2D eigenvalue weighted by atomic mass is 9.90. The number of likely N-dealkylation sites (N-methyl/N-ethyl adjacent to an activating group) is 1. The summed E-state index contributed by atoms with van der Waals surface area (Å²) in [6.07, 6.45) is 3.56. The molecule has 6 nitrogen and oxygen atoms in total. The lowest BCUT2D eigenvalue weighted by molar-refractivity contribution is -0.157. The number of amides is 2. The number of ether oxygens (including phenoxy) is 1. The van der Waals surface area contributed by atoms with Crippen LogP contribution in [0.2, 0.25) is 0 Å². The van der Waals surface area contributed by atoms with E-state index in [1.54, 1.807) is 29.4 Å². The van der Waals surface area contributed by atoms with E-state index in [4.69, 9.17) is 4.74 Å². The molecule has 0 aliphatic carbocycles. The summed E-state index contributed by atoms with van der Waals surface area (Å²) in [5, 5.41) is 2.90. The zero-order valence-electron chi connectivity index (χ0n) is 19.1. The fraction of sp³-hybridized carbons (Fsp3) is 0.296. The Morgan fingerprint density at radius 2 is 1.91 bits per heavy atom. The summed E-state index contributed by atoms with van der Waals surface area (Å²) in [5.74, 6) is -0.341. The maximum Gasteiger partial charge on any atom is 0.255 e. The van der Waals surface area contributed by atoms with E-state index < -0.39 is 5.60 Å². The van der Waals surface area contributed by atoms with E-state index in [1.807, 2.05) is 25.1 Å². The van der Waals surface area contributed by atoms with E-state index in [0.29, 0.717) is 31.7 Å². The molecule has 0 spiro atoms. The molecule has 1 aliphatic rings. The predicted octanol–water partition coefficient (Wildman–Crippen LogP) is 3.65. The molecule has 4 rings (SSSR count). The van der Waals surface area contributed by atoms with Crippen LogP contribution in [0.25, 0.3) is 11.1 Å². The van der Waals surface area contributed by atoms with Gasteiger partial charge in [-0.25, -0.2) is 0 Å². The molecule has 33 heavy (non-hydrogen) atoms. The Morgan fingerprint density at radius 1 is 1.09 bits per heavy atom. The summed E-state index contributed by atoms with van der Waals surface area (Å²) >= 11 is 0. The number of aromatic nitrogens is 1. The third-order valence-corrected chi connectivity index (χ3v) is 5.93. The van der Waals surface area contributed by atoms with Crippen LogP contribution >= 0.6 is 0 Å². The van der Waals surface area contributed by atoms with Gasteiger partial charge in [-0.15, -0.1) is 0 Å². The molecule has 0 saturated carbocycles. The largest absolute Gasteiger partial charge is 0.361 e. The predicted molar refractivity (Wildman–Crippen MR) is 128 cm³/mol. The summed E-state index contributed by atoms with van der Waals surface area (Å²) in [5.41, 5.74) is 3.83. The Labute approximate surface area is 194 Å². The van der Waals surface area contributed by atoms with E-state index in [1.165, 1.54) is 5.56 Å². The van der Waals surface area contributed by atoms with E-state index in [9.17, 15) is 9.59 Å². The second kappa shape index (κ2) is 9.96. The first-order chi connectivity index (χ1) is 16.0. The van der Waals surface area contributed by atoms with Crippen LogP contribution < -0.4 is 5.32 Å². The van der Waals surface area contributed by atoms with Gasteiger partial charge in [0, 0.05) is 31.9 Å². The molecule has 2 amide bonds. The van der Waals surface area contributed by atoms with Crippen LogP contribution in [0.3, 0.4) is 0 Å². The van der Waals surface area contributed by atoms with Crippen LogP contribution in [0.15, 0.2) is 73.1 Å². The molecule has 0 bridgehead atoms. The van der Waals surface area contributed by atoms with E-state index in [0.717, 1.165) is 16.7 Å². The summed E-state index contributed by atoms with van der Waals surface area (Å²) < 4.78 is 6.11. The highest BCUT2D eigenvalue weighted by molar-refractivity contribution is 5.95. The van der Waals surface area contributed by atoms with Crippen LogP contribution in [0, 0.1) is 6.92 Å². The number of hydrogen-bond acceptors (Lipinski definition) is 4. The SMILES string of the molecule is CCNC(=O)[C@]1(Cc2ccc(-c3cccc(C)c3)cc2)CN(C(=O)c2cccnc2)CCO1. The smallest absolute Gasteiger partial charge is 0.255 e. The highest BCUT2D eigenvalue weighted by Gasteiger charge is 2.45. The second-order valence-corrected chi connectivity index (χ2v) is 8.41. The summed E-state index contributed by atoms with van der Waals surface area (Å²) in [4.78, 5) is 32.0. The van der Waals surface area contributed by atoms with Crippen LogP contribution in [0.5, 0.6) is 0 Å². The molecule has 0 unspecified atom stereocenters. The van der Waals surface area contributed by atoms with Crippen LogP contribution in [-0.4, -0.2) is 53.5 Å². The number of nitrogens with zero attached hydrogens (tertiary/aromatic N) is 2. The summed E-state index contributed by atoms with van der Waals surface area (Å²) in [6.45, 7) is 5.36. The second-order valence-electron chi connectivity index (χ2n) is 8.41.